The Morgan fingerprint density at radius 3 is 2.75 bits per heavy atom. The topological polar surface area (TPSA) is 22.0 Å². The molecule has 2 aromatic rings. The summed E-state index contributed by atoms with van der Waals surface area (Å²) in [6, 6.07) is 6.92. The number of halogens is 1. The van der Waals surface area contributed by atoms with Crippen molar-refractivity contribution in [2.75, 3.05) is 0 Å². The van der Waals surface area contributed by atoms with Crippen molar-refractivity contribution in [3.05, 3.63) is 35.8 Å². The number of carbonyl (C=O) groups is 1. The monoisotopic (exact) mass is 217 g/mol. The average molecular weight is 217 g/mol. The van der Waals surface area contributed by atoms with Gasteiger partial charge < -0.3 is 4.57 Å². The molecule has 1 fully saturated rings. The highest BCUT2D eigenvalue weighted by molar-refractivity contribution is 5.98. The zero-order chi connectivity index (χ0) is 11.3. The van der Waals surface area contributed by atoms with E-state index in [1.807, 2.05) is 10.6 Å². The van der Waals surface area contributed by atoms with Gasteiger partial charge in [-0.05, 0) is 37.1 Å². The summed E-state index contributed by atoms with van der Waals surface area (Å²) in [6.07, 6.45) is 2.17. The predicted octanol–water partition coefficient (Wildman–Crippen LogP) is 3.32. The Balaban J connectivity index is 2.33. The Hall–Kier alpha value is -1.64. The molecule has 0 saturated heterocycles. The second-order valence-corrected chi connectivity index (χ2v) is 4.39. The Kier molecular flexibility index (Phi) is 1.90. The fraction of sp³-hybridized carbons (Fsp3) is 0.308. The van der Waals surface area contributed by atoms with Crippen LogP contribution in [0.25, 0.3) is 10.9 Å². The molecule has 82 valence electrons. The first-order chi connectivity index (χ1) is 7.66. The van der Waals surface area contributed by atoms with E-state index >= 15 is 0 Å². The summed E-state index contributed by atoms with van der Waals surface area (Å²) in [5.74, 6) is -0.203. The number of benzene rings is 1. The number of hydrogen-bond donors (Lipinski definition) is 0. The Labute approximate surface area is 92.7 Å². The highest BCUT2D eigenvalue weighted by Crippen LogP contribution is 2.39. The van der Waals surface area contributed by atoms with E-state index in [-0.39, 0.29) is 11.6 Å². The van der Waals surface area contributed by atoms with Crippen LogP contribution in [0.2, 0.25) is 0 Å². The molecule has 3 rings (SSSR count). The highest BCUT2D eigenvalue weighted by Gasteiger charge is 2.28. The average Bonchev–Trinajstić information content (AvgIpc) is 2.99. The van der Waals surface area contributed by atoms with Crippen LogP contribution in [0.1, 0.15) is 36.3 Å². The minimum atomic E-state index is -0.248. The third-order valence-electron chi connectivity index (χ3n) is 3.08. The fourth-order valence-corrected chi connectivity index (χ4v) is 2.19. The van der Waals surface area contributed by atoms with E-state index in [1.165, 1.54) is 12.1 Å². The van der Waals surface area contributed by atoms with Crippen LogP contribution in [0.3, 0.4) is 0 Å². The van der Waals surface area contributed by atoms with Gasteiger partial charge in [0.25, 0.3) is 0 Å². The molecule has 0 N–H and O–H groups in total. The summed E-state index contributed by atoms with van der Waals surface area (Å²) in [6.45, 7) is 1.56. The molecule has 1 aromatic heterocycles. The Bertz CT molecular complexity index is 581. The lowest BCUT2D eigenvalue weighted by Gasteiger charge is -2.06. The smallest absolute Gasteiger partial charge is 0.176 e. The largest absolute Gasteiger partial charge is 0.335 e. The number of ketones is 1. The zero-order valence-corrected chi connectivity index (χ0v) is 9.03. The quantitative estimate of drug-likeness (QED) is 0.707. The van der Waals surface area contributed by atoms with Gasteiger partial charge in [0, 0.05) is 18.4 Å². The number of hydrogen-bond acceptors (Lipinski definition) is 1. The van der Waals surface area contributed by atoms with Gasteiger partial charge in [0.2, 0.25) is 0 Å². The molecule has 0 amide bonds. The molecule has 2 nitrogen and oxygen atoms in total. The van der Waals surface area contributed by atoms with Crippen LogP contribution in [0.15, 0.2) is 24.3 Å². The molecule has 0 spiro atoms. The maximum absolute atomic E-state index is 13.2. The van der Waals surface area contributed by atoms with Crippen molar-refractivity contribution in [2.45, 2.75) is 25.8 Å². The SMILES string of the molecule is CC(=O)c1cc2ccc(F)cc2n1C1CC1. The van der Waals surface area contributed by atoms with Crippen molar-refractivity contribution in [3.63, 3.8) is 0 Å². The van der Waals surface area contributed by atoms with E-state index in [1.54, 1.807) is 13.0 Å². The van der Waals surface area contributed by atoms with Gasteiger partial charge in [-0.2, -0.15) is 0 Å². The van der Waals surface area contributed by atoms with Gasteiger partial charge in [-0.1, -0.05) is 0 Å². The minimum Gasteiger partial charge on any atom is -0.335 e. The maximum Gasteiger partial charge on any atom is 0.176 e. The van der Waals surface area contributed by atoms with Gasteiger partial charge in [-0.25, -0.2) is 4.39 Å². The first-order valence-corrected chi connectivity index (χ1v) is 5.48. The van der Waals surface area contributed by atoms with Crippen LogP contribution in [-0.2, 0) is 0 Å². The Morgan fingerprint density at radius 2 is 2.12 bits per heavy atom. The van der Waals surface area contributed by atoms with Crippen molar-refractivity contribution in [1.29, 1.82) is 0 Å². The molecule has 0 atom stereocenters. The van der Waals surface area contributed by atoms with E-state index in [0.717, 1.165) is 23.7 Å². The Morgan fingerprint density at radius 1 is 1.38 bits per heavy atom. The number of Topliss-reactive ketones (excluding diaryl/α,β-unsaturated/α-hetero) is 1. The summed E-state index contributed by atoms with van der Waals surface area (Å²) >= 11 is 0. The van der Waals surface area contributed by atoms with Gasteiger partial charge in [0.15, 0.2) is 5.78 Å². The second kappa shape index (κ2) is 3.17. The van der Waals surface area contributed by atoms with Crippen molar-refractivity contribution < 1.29 is 9.18 Å². The molecule has 3 heteroatoms. The number of rotatable bonds is 2. The van der Waals surface area contributed by atoms with Gasteiger partial charge in [-0.15, -0.1) is 0 Å². The van der Waals surface area contributed by atoms with E-state index < -0.39 is 0 Å². The molecule has 1 heterocycles. The molecule has 1 aliphatic carbocycles. The molecular formula is C13H12FNO. The van der Waals surface area contributed by atoms with E-state index in [0.29, 0.717) is 11.7 Å². The van der Waals surface area contributed by atoms with Crippen molar-refractivity contribution in [3.8, 4) is 0 Å². The summed E-state index contributed by atoms with van der Waals surface area (Å²) in [7, 11) is 0. The van der Waals surface area contributed by atoms with E-state index in [9.17, 15) is 9.18 Å². The minimum absolute atomic E-state index is 0.0449. The molecule has 1 aromatic carbocycles. The van der Waals surface area contributed by atoms with Crippen LogP contribution in [0, 0.1) is 5.82 Å². The summed E-state index contributed by atoms with van der Waals surface area (Å²) in [5, 5.41) is 0.943. The standard InChI is InChI=1S/C13H12FNO/c1-8(16)12-6-9-2-3-10(14)7-13(9)15(12)11-4-5-11/h2-3,6-7,11H,4-5H2,1H3. The summed E-state index contributed by atoms with van der Waals surface area (Å²) in [4.78, 5) is 11.5. The van der Waals surface area contributed by atoms with Gasteiger partial charge >= 0.3 is 0 Å². The van der Waals surface area contributed by atoms with E-state index in [2.05, 4.69) is 0 Å². The maximum atomic E-state index is 13.2. The lowest BCUT2D eigenvalue weighted by molar-refractivity contribution is 0.100. The van der Waals surface area contributed by atoms with Crippen molar-refractivity contribution in [2.24, 2.45) is 0 Å². The highest BCUT2D eigenvalue weighted by atomic mass is 19.1. The zero-order valence-electron chi connectivity index (χ0n) is 9.03. The van der Waals surface area contributed by atoms with Crippen LogP contribution < -0.4 is 0 Å². The first-order valence-electron chi connectivity index (χ1n) is 5.48. The normalized spacial score (nSPS) is 15.6. The predicted molar refractivity (Wildman–Crippen MR) is 60.2 cm³/mol. The summed E-state index contributed by atoms with van der Waals surface area (Å²) in [5.41, 5.74) is 1.54. The van der Waals surface area contributed by atoms with Crippen LogP contribution in [0.5, 0.6) is 0 Å². The molecule has 0 bridgehead atoms. The van der Waals surface area contributed by atoms with Crippen molar-refractivity contribution in [1.82, 2.24) is 4.57 Å². The molecule has 0 radical (unpaired) electrons. The molecule has 16 heavy (non-hydrogen) atoms. The lowest BCUT2D eigenvalue weighted by atomic mass is 10.2. The van der Waals surface area contributed by atoms with Crippen LogP contribution in [-0.4, -0.2) is 10.4 Å². The van der Waals surface area contributed by atoms with Crippen LogP contribution >= 0.6 is 0 Å². The lowest BCUT2D eigenvalue weighted by Crippen LogP contribution is -2.04. The van der Waals surface area contributed by atoms with Gasteiger partial charge in [0.05, 0.1) is 11.2 Å². The third-order valence-corrected chi connectivity index (χ3v) is 3.08. The molecular weight excluding hydrogens is 205 g/mol. The molecule has 1 saturated carbocycles. The number of aromatic nitrogens is 1. The van der Waals surface area contributed by atoms with E-state index in [4.69, 9.17) is 0 Å². The number of nitrogens with zero attached hydrogens (tertiary/aromatic N) is 1. The molecule has 0 unspecified atom stereocenters. The van der Waals surface area contributed by atoms with Gasteiger partial charge in [0.1, 0.15) is 5.82 Å². The number of carbonyl (C=O) groups excluding carboxylic acids is 1. The first kappa shape index (κ1) is 9.58. The fourth-order valence-electron chi connectivity index (χ4n) is 2.19. The van der Waals surface area contributed by atoms with Crippen molar-refractivity contribution >= 4 is 16.7 Å². The molecule has 1 aliphatic rings. The van der Waals surface area contributed by atoms with Crippen LogP contribution in [0.4, 0.5) is 4.39 Å². The third kappa shape index (κ3) is 1.35. The number of fused-ring (bicyclic) bond motifs is 1. The van der Waals surface area contributed by atoms with Gasteiger partial charge in [-0.3, -0.25) is 4.79 Å². The molecule has 0 aliphatic heterocycles. The second-order valence-electron chi connectivity index (χ2n) is 4.39. The summed E-state index contributed by atoms with van der Waals surface area (Å²) < 4.78 is 15.2.